The van der Waals surface area contributed by atoms with Crippen LogP contribution in [0.3, 0.4) is 0 Å². The summed E-state index contributed by atoms with van der Waals surface area (Å²) in [6, 6.07) is -0.290. The summed E-state index contributed by atoms with van der Waals surface area (Å²) in [4.78, 5) is 16.5. The molecule has 0 bridgehead atoms. The van der Waals surface area contributed by atoms with Gasteiger partial charge in [0.15, 0.2) is 0 Å². The van der Waals surface area contributed by atoms with Crippen molar-refractivity contribution in [1.29, 1.82) is 0 Å². The van der Waals surface area contributed by atoms with Gasteiger partial charge in [-0.15, -0.1) is 12.4 Å². The molecule has 0 aromatic rings. The van der Waals surface area contributed by atoms with E-state index in [1.165, 1.54) is 0 Å². The minimum atomic E-state index is -0.290. The van der Waals surface area contributed by atoms with Crippen LogP contribution < -0.4 is 5.73 Å². The predicted octanol–water partition coefficient (Wildman–Crippen LogP) is 1.73. The summed E-state index contributed by atoms with van der Waals surface area (Å²) < 4.78 is 0. The molecule has 1 saturated heterocycles. The maximum atomic E-state index is 12.1. The van der Waals surface area contributed by atoms with E-state index >= 15 is 0 Å². The molecule has 114 valence electrons. The number of hydrogen-bond acceptors (Lipinski definition) is 3. The third kappa shape index (κ3) is 5.67. The number of nitrogens with two attached hydrogens (primary N) is 1. The highest BCUT2D eigenvalue weighted by Gasteiger charge is 2.29. The minimum Gasteiger partial charge on any atom is -0.341 e. The standard InChI is InChI=1S/C14H29N3O.ClH/c1-4-7-13(15)14(18)17-9-8-12(11-17)10-16(5-2)6-3;/h12-13H,4-11,15H2,1-3H3;1H. The summed E-state index contributed by atoms with van der Waals surface area (Å²) >= 11 is 0. The number of carbonyl (C=O) groups is 1. The quantitative estimate of drug-likeness (QED) is 0.777. The second kappa shape index (κ2) is 9.56. The number of halogens is 1. The van der Waals surface area contributed by atoms with Crippen LogP contribution >= 0.6 is 12.4 Å². The van der Waals surface area contributed by atoms with E-state index in [1.54, 1.807) is 0 Å². The van der Waals surface area contributed by atoms with Crippen LogP contribution in [0, 0.1) is 5.92 Å². The van der Waals surface area contributed by atoms with Gasteiger partial charge >= 0.3 is 0 Å². The zero-order chi connectivity index (χ0) is 13.5. The van der Waals surface area contributed by atoms with Crippen molar-refractivity contribution in [3.05, 3.63) is 0 Å². The van der Waals surface area contributed by atoms with Gasteiger partial charge in [0.05, 0.1) is 6.04 Å². The predicted molar refractivity (Wildman–Crippen MR) is 82.6 cm³/mol. The number of nitrogens with zero attached hydrogens (tertiary/aromatic N) is 2. The van der Waals surface area contributed by atoms with Gasteiger partial charge in [0.1, 0.15) is 0 Å². The van der Waals surface area contributed by atoms with Crippen molar-refractivity contribution in [1.82, 2.24) is 9.80 Å². The lowest BCUT2D eigenvalue weighted by atomic mass is 10.1. The van der Waals surface area contributed by atoms with Gasteiger partial charge in [-0.05, 0) is 31.8 Å². The van der Waals surface area contributed by atoms with Gasteiger partial charge in [0, 0.05) is 19.6 Å². The molecule has 0 aliphatic carbocycles. The molecular weight excluding hydrogens is 262 g/mol. The SMILES string of the molecule is CCCC(N)C(=O)N1CCC(CN(CC)CC)C1.Cl. The second-order valence-electron chi connectivity index (χ2n) is 5.32. The molecular formula is C14H30ClN3O. The highest BCUT2D eigenvalue weighted by molar-refractivity contribution is 5.85. The molecule has 0 spiro atoms. The first kappa shape index (κ1) is 18.7. The number of hydrogen-bond donors (Lipinski definition) is 1. The van der Waals surface area contributed by atoms with E-state index in [9.17, 15) is 4.79 Å². The fourth-order valence-corrected chi connectivity index (χ4v) is 2.70. The van der Waals surface area contributed by atoms with Crippen molar-refractivity contribution in [2.75, 3.05) is 32.7 Å². The highest BCUT2D eigenvalue weighted by atomic mass is 35.5. The van der Waals surface area contributed by atoms with Crippen LogP contribution in [0.5, 0.6) is 0 Å². The van der Waals surface area contributed by atoms with Gasteiger partial charge in [-0.3, -0.25) is 4.79 Å². The summed E-state index contributed by atoms with van der Waals surface area (Å²) in [6.45, 7) is 11.5. The van der Waals surface area contributed by atoms with Crippen molar-refractivity contribution in [3.8, 4) is 0 Å². The first-order chi connectivity index (χ1) is 8.62. The molecule has 1 aliphatic heterocycles. The highest BCUT2D eigenvalue weighted by Crippen LogP contribution is 2.18. The van der Waals surface area contributed by atoms with E-state index in [4.69, 9.17) is 5.73 Å². The van der Waals surface area contributed by atoms with Crippen LogP contribution in [-0.2, 0) is 4.79 Å². The summed E-state index contributed by atoms with van der Waals surface area (Å²) in [5.41, 5.74) is 5.90. The van der Waals surface area contributed by atoms with Crippen molar-refractivity contribution < 1.29 is 4.79 Å². The van der Waals surface area contributed by atoms with Crippen LogP contribution in [-0.4, -0.2) is 54.5 Å². The third-order valence-electron chi connectivity index (χ3n) is 3.93. The lowest BCUT2D eigenvalue weighted by Crippen LogP contribution is -2.43. The van der Waals surface area contributed by atoms with Gasteiger partial charge in [0.2, 0.25) is 5.91 Å². The molecule has 1 aliphatic rings. The molecule has 0 saturated carbocycles. The lowest BCUT2D eigenvalue weighted by molar-refractivity contribution is -0.131. The molecule has 4 nitrogen and oxygen atoms in total. The van der Waals surface area contributed by atoms with Crippen LogP contribution in [0.15, 0.2) is 0 Å². The van der Waals surface area contributed by atoms with Crippen molar-refractivity contribution in [2.45, 2.75) is 46.1 Å². The molecule has 1 heterocycles. The molecule has 1 fully saturated rings. The lowest BCUT2D eigenvalue weighted by Gasteiger charge is -2.23. The zero-order valence-electron chi connectivity index (χ0n) is 12.6. The number of carbonyl (C=O) groups excluding carboxylic acids is 1. The smallest absolute Gasteiger partial charge is 0.239 e. The molecule has 2 atom stereocenters. The summed E-state index contributed by atoms with van der Waals surface area (Å²) in [5.74, 6) is 0.779. The van der Waals surface area contributed by atoms with Crippen molar-refractivity contribution in [2.24, 2.45) is 11.7 Å². The normalized spacial score (nSPS) is 20.5. The monoisotopic (exact) mass is 291 g/mol. The first-order valence-corrected chi connectivity index (χ1v) is 7.39. The van der Waals surface area contributed by atoms with Crippen LogP contribution in [0.4, 0.5) is 0 Å². The van der Waals surface area contributed by atoms with Gasteiger partial charge in [-0.25, -0.2) is 0 Å². The van der Waals surface area contributed by atoms with Gasteiger partial charge in [-0.2, -0.15) is 0 Å². The van der Waals surface area contributed by atoms with E-state index in [-0.39, 0.29) is 24.4 Å². The molecule has 1 amide bonds. The maximum absolute atomic E-state index is 12.1. The topological polar surface area (TPSA) is 49.6 Å². The molecule has 5 heteroatoms. The molecule has 0 radical (unpaired) electrons. The molecule has 0 aromatic carbocycles. The molecule has 1 rings (SSSR count). The Balaban J connectivity index is 0.00000324. The Morgan fingerprint density at radius 1 is 1.37 bits per heavy atom. The van der Waals surface area contributed by atoms with Crippen LogP contribution in [0.1, 0.15) is 40.0 Å². The Hall–Kier alpha value is -0.320. The maximum Gasteiger partial charge on any atom is 0.239 e. The number of rotatable bonds is 7. The van der Waals surface area contributed by atoms with Gasteiger partial charge in [-0.1, -0.05) is 27.2 Å². The Bertz CT molecular complexity index is 259. The Morgan fingerprint density at radius 2 is 2.00 bits per heavy atom. The zero-order valence-corrected chi connectivity index (χ0v) is 13.4. The second-order valence-corrected chi connectivity index (χ2v) is 5.32. The largest absolute Gasteiger partial charge is 0.341 e. The van der Waals surface area contributed by atoms with Gasteiger partial charge < -0.3 is 15.5 Å². The third-order valence-corrected chi connectivity index (χ3v) is 3.93. The Kier molecular flexibility index (Phi) is 9.40. The molecule has 0 aromatic heterocycles. The molecule has 2 N–H and O–H groups in total. The average molecular weight is 292 g/mol. The molecule has 2 unspecified atom stereocenters. The van der Waals surface area contributed by atoms with Crippen molar-refractivity contribution in [3.63, 3.8) is 0 Å². The van der Waals surface area contributed by atoms with Gasteiger partial charge in [0.25, 0.3) is 0 Å². The minimum absolute atomic E-state index is 0. The first-order valence-electron chi connectivity index (χ1n) is 7.39. The van der Waals surface area contributed by atoms with Crippen LogP contribution in [0.25, 0.3) is 0 Å². The summed E-state index contributed by atoms with van der Waals surface area (Å²) in [7, 11) is 0. The van der Waals surface area contributed by atoms with E-state index in [0.29, 0.717) is 5.92 Å². The fourth-order valence-electron chi connectivity index (χ4n) is 2.70. The number of amides is 1. The van der Waals surface area contributed by atoms with E-state index in [0.717, 1.165) is 52.0 Å². The number of likely N-dealkylation sites (tertiary alicyclic amines) is 1. The summed E-state index contributed by atoms with van der Waals surface area (Å²) in [5, 5.41) is 0. The van der Waals surface area contributed by atoms with Crippen molar-refractivity contribution >= 4 is 18.3 Å². The average Bonchev–Trinajstić information content (AvgIpc) is 2.83. The molecule has 19 heavy (non-hydrogen) atoms. The van der Waals surface area contributed by atoms with E-state index < -0.39 is 0 Å². The fraction of sp³-hybridized carbons (Fsp3) is 0.929. The Labute approximate surface area is 124 Å². The van der Waals surface area contributed by atoms with E-state index in [2.05, 4.69) is 25.7 Å². The summed E-state index contributed by atoms with van der Waals surface area (Å²) in [6.07, 6.45) is 2.90. The van der Waals surface area contributed by atoms with Crippen LogP contribution in [0.2, 0.25) is 0 Å². The Morgan fingerprint density at radius 3 is 2.53 bits per heavy atom. The van der Waals surface area contributed by atoms with E-state index in [1.807, 2.05) is 4.90 Å².